The molecule has 0 aliphatic carbocycles. The summed E-state index contributed by atoms with van der Waals surface area (Å²) in [6, 6.07) is 0. The molecule has 1 atom stereocenters. The van der Waals surface area contributed by atoms with Crippen molar-refractivity contribution >= 4 is 17.2 Å². The Morgan fingerprint density at radius 3 is 2.36 bits per heavy atom. The van der Waals surface area contributed by atoms with E-state index in [4.69, 9.17) is 0 Å². The minimum Gasteiger partial charge on any atom is -0.374 e. The van der Waals surface area contributed by atoms with E-state index in [2.05, 4.69) is 10.3 Å². The number of thiazole rings is 1. The minimum atomic E-state index is -4.97. The van der Waals surface area contributed by atoms with Crippen LogP contribution in [0.3, 0.4) is 0 Å². The summed E-state index contributed by atoms with van der Waals surface area (Å²) in [5.74, 6) is -0.850. The molecule has 1 aromatic heterocycles. The predicted octanol–water partition coefficient (Wildman–Crippen LogP) is 3.14. The number of aromatic nitrogens is 1. The van der Waals surface area contributed by atoms with Crippen LogP contribution < -0.4 is 5.32 Å². The maximum atomic E-state index is 13.2. The van der Waals surface area contributed by atoms with E-state index in [0.29, 0.717) is 23.5 Å². The van der Waals surface area contributed by atoms with Crippen LogP contribution in [0.25, 0.3) is 0 Å². The maximum Gasteiger partial charge on any atom is 0.424 e. The number of rotatable bonds is 5. The number of carbonyl (C=O) groups excluding carboxylic acids is 1. The molecule has 0 saturated carbocycles. The lowest BCUT2D eigenvalue weighted by molar-refractivity contribution is -0.267. The summed E-state index contributed by atoms with van der Waals surface area (Å²) < 4.78 is 39.6. The normalized spacial score (nSPS) is 15.5. The number of aryl methyl sites for hydroxylation is 1. The fourth-order valence-electron chi connectivity index (χ4n) is 1.71. The molecule has 0 fully saturated rings. The highest BCUT2D eigenvalue weighted by molar-refractivity contribution is 7.09. The van der Waals surface area contributed by atoms with Crippen molar-refractivity contribution in [1.29, 1.82) is 0 Å². The van der Waals surface area contributed by atoms with Crippen molar-refractivity contribution in [3.63, 3.8) is 0 Å². The summed E-state index contributed by atoms with van der Waals surface area (Å²) in [4.78, 5) is 15.5. The van der Waals surface area contributed by atoms with Crippen molar-refractivity contribution in [3.05, 3.63) is 16.1 Å². The zero-order valence-corrected chi connectivity index (χ0v) is 13.9. The Labute approximate surface area is 131 Å². The summed E-state index contributed by atoms with van der Waals surface area (Å²) in [7, 11) is 0. The molecule has 0 saturated heterocycles. The minimum absolute atomic E-state index is 0.0416. The van der Waals surface area contributed by atoms with Gasteiger partial charge in [0.1, 0.15) is 5.01 Å². The summed E-state index contributed by atoms with van der Waals surface area (Å²) in [5.41, 5.74) is -2.92. The molecule has 22 heavy (non-hydrogen) atoms. The number of hydrogen-bond acceptors (Lipinski definition) is 4. The Kier molecular flexibility index (Phi) is 5.61. The first-order chi connectivity index (χ1) is 9.85. The van der Waals surface area contributed by atoms with Crippen LogP contribution in [-0.4, -0.2) is 28.7 Å². The lowest BCUT2D eigenvalue weighted by Crippen LogP contribution is -2.46. The number of carbonyl (C=O) groups is 1. The summed E-state index contributed by atoms with van der Waals surface area (Å²) >= 11 is 0.692. The van der Waals surface area contributed by atoms with Crippen LogP contribution in [0.2, 0.25) is 0 Å². The Morgan fingerprint density at radius 2 is 1.95 bits per heavy atom. The highest BCUT2D eigenvalue weighted by Gasteiger charge is 2.58. The summed E-state index contributed by atoms with van der Waals surface area (Å²) in [5, 5.41) is 13.3. The van der Waals surface area contributed by atoms with Gasteiger partial charge < -0.3 is 10.4 Å². The smallest absolute Gasteiger partial charge is 0.374 e. The van der Waals surface area contributed by atoms with Gasteiger partial charge >= 0.3 is 6.18 Å². The monoisotopic (exact) mass is 338 g/mol. The average molecular weight is 338 g/mol. The van der Waals surface area contributed by atoms with Gasteiger partial charge in [-0.1, -0.05) is 20.8 Å². The van der Waals surface area contributed by atoms with E-state index in [9.17, 15) is 23.1 Å². The molecule has 4 nitrogen and oxygen atoms in total. The highest BCUT2D eigenvalue weighted by Crippen LogP contribution is 2.42. The van der Waals surface area contributed by atoms with Crippen LogP contribution in [-0.2, 0) is 10.4 Å². The summed E-state index contributed by atoms with van der Waals surface area (Å²) in [6.07, 6.45) is -5.44. The summed E-state index contributed by atoms with van der Waals surface area (Å²) in [6.45, 7) is 7.67. The lowest BCUT2D eigenvalue weighted by atomic mass is 9.92. The number of alkyl halides is 3. The standard InChI is InChI=1S/C14H21F3N2O2S/c1-9-8-22-11(19-9)13(21,14(15,16)17)7-10(20)18-6-5-12(2,3)4/h8,21H,5-7H2,1-4H3,(H,18,20). The Bertz CT molecular complexity index is 523. The average Bonchev–Trinajstić information content (AvgIpc) is 2.72. The molecule has 0 aliphatic rings. The van der Waals surface area contributed by atoms with E-state index in [1.165, 1.54) is 12.3 Å². The lowest BCUT2D eigenvalue weighted by Gasteiger charge is -2.28. The van der Waals surface area contributed by atoms with Gasteiger partial charge in [-0.2, -0.15) is 13.2 Å². The van der Waals surface area contributed by atoms with Gasteiger partial charge in [0.15, 0.2) is 0 Å². The number of hydrogen-bond donors (Lipinski definition) is 2. The van der Waals surface area contributed by atoms with Crippen LogP contribution in [0.15, 0.2) is 5.38 Å². The Morgan fingerprint density at radius 1 is 1.36 bits per heavy atom. The SMILES string of the molecule is Cc1csc(C(O)(CC(=O)NCCC(C)(C)C)C(F)(F)F)n1. The first-order valence-corrected chi connectivity index (χ1v) is 7.71. The molecule has 1 amide bonds. The molecule has 0 aliphatic heterocycles. The van der Waals surface area contributed by atoms with Crippen molar-refractivity contribution in [2.45, 2.75) is 52.3 Å². The second kappa shape index (κ2) is 6.54. The molecule has 126 valence electrons. The Balaban J connectivity index is 2.81. The zero-order chi connectivity index (χ0) is 17.2. The molecule has 2 N–H and O–H groups in total. The Hall–Kier alpha value is -1.15. The molecular formula is C14H21F3N2O2S. The van der Waals surface area contributed by atoms with Crippen LogP contribution in [0.5, 0.6) is 0 Å². The predicted molar refractivity (Wildman–Crippen MR) is 78.5 cm³/mol. The van der Waals surface area contributed by atoms with E-state index < -0.39 is 29.1 Å². The second-order valence-electron chi connectivity index (χ2n) is 6.49. The second-order valence-corrected chi connectivity index (χ2v) is 7.35. The largest absolute Gasteiger partial charge is 0.424 e. The van der Waals surface area contributed by atoms with E-state index >= 15 is 0 Å². The van der Waals surface area contributed by atoms with Crippen molar-refractivity contribution in [1.82, 2.24) is 10.3 Å². The fourth-order valence-corrected chi connectivity index (χ4v) is 2.63. The van der Waals surface area contributed by atoms with E-state index in [0.717, 1.165) is 0 Å². The van der Waals surface area contributed by atoms with Crippen LogP contribution in [0, 0.1) is 12.3 Å². The molecule has 1 rings (SSSR count). The topological polar surface area (TPSA) is 62.2 Å². The fraction of sp³-hybridized carbons (Fsp3) is 0.714. The van der Waals surface area contributed by atoms with Gasteiger partial charge in [-0.05, 0) is 18.8 Å². The van der Waals surface area contributed by atoms with E-state index in [-0.39, 0.29) is 12.0 Å². The number of halogens is 3. The van der Waals surface area contributed by atoms with Gasteiger partial charge in [0.25, 0.3) is 0 Å². The van der Waals surface area contributed by atoms with Gasteiger partial charge in [-0.3, -0.25) is 4.79 Å². The van der Waals surface area contributed by atoms with Gasteiger partial charge in [-0.25, -0.2) is 4.98 Å². The van der Waals surface area contributed by atoms with Crippen molar-refractivity contribution in [2.24, 2.45) is 5.41 Å². The molecule has 8 heteroatoms. The first-order valence-electron chi connectivity index (χ1n) is 6.83. The molecule has 0 bridgehead atoms. The number of amides is 1. The number of nitrogens with zero attached hydrogens (tertiary/aromatic N) is 1. The van der Waals surface area contributed by atoms with Crippen molar-refractivity contribution in [3.8, 4) is 0 Å². The van der Waals surface area contributed by atoms with Crippen molar-refractivity contribution < 1.29 is 23.1 Å². The highest BCUT2D eigenvalue weighted by atomic mass is 32.1. The van der Waals surface area contributed by atoms with Gasteiger partial charge in [0, 0.05) is 17.6 Å². The van der Waals surface area contributed by atoms with Crippen molar-refractivity contribution in [2.75, 3.05) is 6.54 Å². The molecule has 0 aromatic carbocycles. The zero-order valence-electron chi connectivity index (χ0n) is 13.0. The van der Waals surface area contributed by atoms with Crippen LogP contribution >= 0.6 is 11.3 Å². The third-order valence-electron chi connectivity index (χ3n) is 3.06. The molecule has 0 radical (unpaired) electrons. The number of nitrogens with one attached hydrogen (secondary N) is 1. The van der Waals surface area contributed by atoms with Gasteiger partial charge in [-0.15, -0.1) is 11.3 Å². The molecular weight excluding hydrogens is 317 g/mol. The maximum absolute atomic E-state index is 13.2. The van der Waals surface area contributed by atoms with Crippen LogP contribution in [0.1, 0.15) is 44.3 Å². The quantitative estimate of drug-likeness (QED) is 0.867. The molecule has 0 spiro atoms. The van der Waals surface area contributed by atoms with E-state index in [1.54, 1.807) is 0 Å². The molecule has 1 aromatic rings. The first kappa shape index (κ1) is 18.9. The third kappa shape index (κ3) is 4.95. The third-order valence-corrected chi connectivity index (χ3v) is 4.17. The van der Waals surface area contributed by atoms with E-state index in [1.807, 2.05) is 20.8 Å². The van der Waals surface area contributed by atoms with Gasteiger partial charge in [0.05, 0.1) is 6.42 Å². The number of aliphatic hydroxyl groups is 1. The van der Waals surface area contributed by atoms with Crippen LogP contribution in [0.4, 0.5) is 13.2 Å². The molecule has 1 unspecified atom stereocenters. The molecule has 1 heterocycles. The van der Waals surface area contributed by atoms with Gasteiger partial charge in [0.2, 0.25) is 11.5 Å².